The molecule has 0 saturated carbocycles. The van der Waals surface area contributed by atoms with Crippen molar-refractivity contribution in [2.75, 3.05) is 11.5 Å². The van der Waals surface area contributed by atoms with Gasteiger partial charge in [-0.2, -0.15) is 11.8 Å². The first-order valence-electron chi connectivity index (χ1n) is 8.86. The molecule has 0 aliphatic heterocycles. The van der Waals surface area contributed by atoms with E-state index in [0.29, 0.717) is 0 Å². The van der Waals surface area contributed by atoms with Crippen molar-refractivity contribution in [1.82, 2.24) is 0 Å². The van der Waals surface area contributed by atoms with E-state index >= 15 is 0 Å². The van der Waals surface area contributed by atoms with Gasteiger partial charge >= 0.3 is 0 Å². The van der Waals surface area contributed by atoms with Gasteiger partial charge in [0, 0.05) is 18.6 Å². The maximum absolute atomic E-state index is 2.30. The van der Waals surface area contributed by atoms with Gasteiger partial charge in [-0.1, -0.05) is 51.9 Å². The first-order valence-corrected chi connectivity index (χ1v) is 10.0. The molecule has 0 amide bonds. The van der Waals surface area contributed by atoms with Gasteiger partial charge in [0.2, 0.25) is 0 Å². The number of thioether (sulfide) groups is 1. The molecule has 0 bridgehead atoms. The summed E-state index contributed by atoms with van der Waals surface area (Å²) in [4.78, 5) is 0. The molecule has 1 rings (SSSR count). The van der Waals surface area contributed by atoms with E-state index in [1.54, 1.807) is 0 Å². The molecule has 21 heavy (non-hydrogen) atoms. The Morgan fingerprint density at radius 3 is 2.05 bits per heavy atom. The summed E-state index contributed by atoms with van der Waals surface area (Å²) in [7, 11) is 0. The summed E-state index contributed by atoms with van der Waals surface area (Å²) in [6.07, 6.45) is 17.1. The highest BCUT2D eigenvalue weighted by Crippen LogP contribution is 2.11. The highest BCUT2D eigenvalue weighted by atomic mass is 32.2. The quantitative estimate of drug-likeness (QED) is 0.341. The van der Waals surface area contributed by atoms with Crippen LogP contribution in [0.2, 0.25) is 0 Å². The van der Waals surface area contributed by atoms with Gasteiger partial charge < -0.3 is 0 Å². The van der Waals surface area contributed by atoms with Crippen molar-refractivity contribution in [3.8, 4) is 0 Å². The van der Waals surface area contributed by atoms with Gasteiger partial charge in [-0.3, -0.25) is 0 Å². The van der Waals surface area contributed by atoms with Crippen LogP contribution in [0.25, 0.3) is 0 Å². The Kier molecular flexibility index (Phi) is 11.6. The van der Waals surface area contributed by atoms with Crippen LogP contribution < -0.4 is 4.57 Å². The molecule has 0 radical (unpaired) electrons. The summed E-state index contributed by atoms with van der Waals surface area (Å²) >= 11 is 2.13. The van der Waals surface area contributed by atoms with E-state index in [1.165, 1.54) is 74.9 Å². The van der Waals surface area contributed by atoms with Gasteiger partial charge in [0.05, 0.1) is 0 Å². The average molecular weight is 309 g/mol. The summed E-state index contributed by atoms with van der Waals surface area (Å²) in [5.74, 6) is 2.66. The second-order valence-corrected chi connectivity index (χ2v) is 7.28. The maximum Gasteiger partial charge on any atom is 0.169 e. The van der Waals surface area contributed by atoms with Gasteiger partial charge in [-0.05, 0) is 30.4 Å². The maximum atomic E-state index is 2.30. The lowest BCUT2D eigenvalue weighted by atomic mass is 10.1. The molecule has 0 aromatic carbocycles. The van der Waals surface area contributed by atoms with E-state index in [0.717, 1.165) is 6.54 Å². The molecule has 1 heterocycles. The van der Waals surface area contributed by atoms with E-state index < -0.39 is 0 Å². The molecule has 0 aliphatic carbocycles. The lowest BCUT2D eigenvalue weighted by molar-refractivity contribution is -0.696. The molecule has 0 atom stereocenters. The first-order chi connectivity index (χ1) is 10.3. The molecule has 0 saturated heterocycles. The minimum Gasteiger partial charge on any atom is -0.205 e. The van der Waals surface area contributed by atoms with Gasteiger partial charge in [0.1, 0.15) is 6.54 Å². The zero-order chi connectivity index (χ0) is 15.2. The molecular weight excluding hydrogens is 274 g/mol. The lowest BCUT2D eigenvalue weighted by Gasteiger charge is -2.02. The molecule has 1 aromatic heterocycles. The van der Waals surface area contributed by atoms with Crippen LogP contribution in [-0.4, -0.2) is 11.5 Å². The Labute approximate surface area is 136 Å². The fourth-order valence-electron chi connectivity index (χ4n) is 2.47. The van der Waals surface area contributed by atoms with Crippen LogP contribution in [0.1, 0.15) is 70.3 Å². The Balaban J connectivity index is 1.81. The van der Waals surface area contributed by atoms with Crippen LogP contribution >= 0.6 is 11.8 Å². The topological polar surface area (TPSA) is 3.88 Å². The summed E-state index contributed by atoms with van der Waals surface area (Å²) in [6.45, 7) is 5.59. The number of unbranched alkanes of at least 4 members (excludes halogenated alkanes) is 7. The summed E-state index contributed by atoms with van der Waals surface area (Å²) in [5.41, 5.74) is 1.34. The molecule has 0 fully saturated rings. The van der Waals surface area contributed by atoms with Gasteiger partial charge in [0.25, 0.3) is 0 Å². The minimum atomic E-state index is 1.16. The van der Waals surface area contributed by atoms with Crippen molar-refractivity contribution in [2.45, 2.75) is 78.2 Å². The zero-order valence-corrected chi connectivity index (χ0v) is 15.0. The molecule has 1 aromatic rings. The standard InChI is InChI=1S/C19H34NS/c1-3-4-5-6-7-8-9-10-17-21-18-11-14-20-15-12-19(2)13-16-20/h12-13,15-16H,3-11,14,17-18H2,1-2H3/q+1. The number of hydrogen-bond donors (Lipinski definition) is 0. The van der Waals surface area contributed by atoms with Crippen molar-refractivity contribution in [2.24, 2.45) is 0 Å². The molecule has 0 unspecified atom stereocenters. The highest BCUT2D eigenvalue weighted by molar-refractivity contribution is 7.99. The third kappa shape index (κ3) is 10.8. The SMILES string of the molecule is CCCCCCCCCCSCCC[n+]1ccc(C)cc1. The smallest absolute Gasteiger partial charge is 0.169 e. The van der Waals surface area contributed by atoms with Crippen LogP contribution in [0, 0.1) is 6.92 Å². The minimum absolute atomic E-state index is 1.16. The fourth-order valence-corrected chi connectivity index (χ4v) is 3.42. The van der Waals surface area contributed by atoms with E-state index in [1.807, 2.05) is 0 Å². The number of nitrogens with zero attached hydrogens (tertiary/aromatic N) is 1. The van der Waals surface area contributed by atoms with Crippen molar-refractivity contribution < 1.29 is 4.57 Å². The van der Waals surface area contributed by atoms with Crippen LogP contribution in [0.15, 0.2) is 24.5 Å². The fraction of sp³-hybridized carbons (Fsp3) is 0.737. The molecule has 2 heteroatoms. The number of hydrogen-bond acceptors (Lipinski definition) is 1. The normalized spacial score (nSPS) is 11.0. The number of pyridine rings is 1. The molecule has 1 nitrogen and oxygen atoms in total. The summed E-state index contributed by atoms with van der Waals surface area (Å²) in [5, 5.41) is 0. The summed E-state index contributed by atoms with van der Waals surface area (Å²) in [6, 6.07) is 4.38. The van der Waals surface area contributed by atoms with Crippen LogP contribution in [0.5, 0.6) is 0 Å². The number of aryl methyl sites for hydroxylation is 2. The third-order valence-electron chi connectivity index (χ3n) is 3.91. The molecule has 0 spiro atoms. The van der Waals surface area contributed by atoms with E-state index in [-0.39, 0.29) is 0 Å². The van der Waals surface area contributed by atoms with E-state index in [9.17, 15) is 0 Å². The zero-order valence-electron chi connectivity index (χ0n) is 14.2. The Morgan fingerprint density at radius 2 is 1.38 bits per heavy atom. The second-order valence-electron chi connectivity index (χ2n) is 6.05. The van der Waals surface area contributed by atoms with Crippen LogP contribution in [0.3, 0.4) is 0 Å². The van der Waals surface area contributed by atoms with Crippen molar-refractivity contribution in [3.05, 3.63) is 30.1 Å². The Morgan fingerprint density at radius 1 is 0.810 bits per heavy atom. The van der Waals surface area contributed by atoms with Crippen LogP contribution in [-0.2, 0) is 6.54 Å². The van der Waals surface area contributed by atoms with E-state index in [2.05, 4.69) is 54.7 Å². The second kappa shape index (κ2) is 13.2. The predicted octanol–water partition coefficient (Wildman–Crippen LogP) is 5.55. The van der Waals surface area contributed by atoms with Crippen molar-refractivity contribution in [1.29, 1.82) is 0 Å². The number of aromatic nitrogens is 1. The molecule has 120 valence electrons. The van der Waals surface area contributed by atoms with Crippen molar-refractivity contribution >= 4 is 11.8 Å². The Hall–Kier alpha value is -0.500. The van der Waals surface area contributed by atoms with Crippen molar-refractivity contribution in [3.63, 3.8) is 0 Å². The predicted molar refractivity (Wildman–Crippen MR) is 95.9 cm³/mol. The summed E-state index contributed by atoms with van der Waals surface area (Å²) < 4.78 is 2.30. The molecular formula is C19H34NS+. The van der Waals surface area contributed by atoms with Crippen LogP contribution in [0.4, 0.5) is 0 Å². The molecule has 0 N–H and O–H groups in total. The first kappa shape index (κ1) is 18.5. The monoisotopic (exact) mass is 308 g/mol. The third-order valence-corrected chi connectivity index (χ3v) is 5.06. The average Bonchev–Trinajstić information content (AvgIpc) is 2.50. The molecule has 0 aliphatic rings. The highest BCUT2D eigenvalue weighted by Gasteiger charge is 1.99. The Bertz CT molecular complexity index is 334. The lowest BCUT2D eigenvalue weighted by Crippen LogP contribution is -2.32. The van der Waals surface area contributed by atoms with Gasteiger partial charge in [-0.25, -0.2) is 4.57 Å². The van der Waals surface area contributed by atoms with E-state index in [4.69, 9.17) is 0 Å². The van der Waals surface area contributed by atoms with Gasteiger partial charge in [-0.15, -0.1) is 0 Å². The largest absolute Gasteiger partial charge is 0.205 e. The number of rotatable bonds is 13. The van der Waals surface area contributed by atoms with Gasteiger partial charge in [0.15, 0.2) is 12.4 Å².